The van der Waals surface area contributed by atoms with Gasteiger partial charge in [-0.3, -0.25) is 10.1 Å². The van der Waals surface area contributed by atoms with Crippen LogP contribution in [0.25, 0.3) is 11.0 Å². The lowest BCUT2D eigenvalue weighted by Crippen LogP contribution is -2.10. The molecule has 0 spiro atoms. The molecule has 0 radical (unpaired) electrons. The molecule has 0 bridgehead atoms. The topological polar surface area (TPSA) is 81.2 Å². The van der Waals surface area contributed by atoms with Gasteiger partial charge in [0.2, 0.25) is 0 Å². The summed E-state index contributed by atoms with van der Waals surface area (Å²) >= 11 is 1.41. The highest BCUT2D eigenvalue weighted by atomic mass is 32.1. The maximum atomic E-state index is 12.2. The third-order valence-electron chi connectivity index (χ3n) is 3.10. The van der Waals surface area contributed by atoms with E-state index in [1.54, 1.807) is 24.3 Å². The number of nitrogens with two attached hydrogens (primary N) is 1. The minimum Gasteiger partial charge on any atom is -0.451 e. The number of nitrogens with zero attached hydrogens (tertiary/aromatic N) is 1. The van der Waals surface area contributed by atoms with Gasteiger partial charge in [-0.05, 0) is 30.2 Å². The van der Waals surface area contributed by atoms with Gasteiger partial charge in [0.25, 0.3) is 5.91 Å². The largest absolute Gasteiger partial charge is 0.451 e. The minimum atomic E-state index is -0.311. The van der Waals surface area contributed by atoms with Crippen LogP contribution in [0.3, 0.4) is 0 Å². The van der Waals surface area contributed by atoms with Crippen LogP contribution in [0.15, 0.2) is 34.1 Å². The molecule has 3 aromatic rings. The number of carbonyl (C=O) groups is 1. The summed E-state index contributed by atoms with van der Waals surface area (Å²) in [5.41, 5.74) is 7.95. The normalized spacial score (nSPS) is 11.2. The lowest BCUT2D eigenvalue weighted by Gasteiger charge is -1.99. The predicted octanol–water partition coefficient (Wildman–Crippen LogP) is 3.85. The van der Waals surface area contributed by atoms with Gasteiger partial charge in [-0.15, -0.1) is 11.3 Å². The van der Waals surface area contributed by atoms with Gasteiger partial charge >= 0.3 is 0 Å². The Labute approximate surface area is 125 Å². The van der Waals surface area contributed by atoms with E-state index >= 15 is 0 Å². The number of hydrogen-bond acceptors (Lipinski definition) is 5. The fraction of sp³-hybridized carbons (Fsp3) is 0.200. The van der Waals surface area contributed by atoms with Gasteiger partial charge in [0.05, 0.1) is 5.69 Å². The Bertz CT molecular complexity index is 804. The van der Waals surface area contributed by atoms with E-state index in [-0.39, 0.29) is 11.7 Å². The van der Waals surface area contributed by atoms with Crippen LogP contribution in [0.5, 0.6) is 0 Å². The van der Waals surface area contributed by atoms with E-state index in [1.165, 1.54) is 11.3 Å². The molecule has 5 nitrogen and oxygen atoms in total. The molecule has 21 heavy (non-hydrogen) atoms. The summed E-state index contributed by atoms with van der Waals surface area (Å²) in [6, 6.07) is 6.94. The average molecular weight is 301 g/mol. The van der Waals surface area contributed by atoms with Gasteiger partial charge in [0.1, 0.15) is 5.58 Å². The Hall–Kier alpha value is -2.34. The van der Waals surface area contributed by atoms with Crippen LogP contribution in [-0.4, -0.2) is 10.9 Å². The van der Waals surface area contributed by atoms with Crippen LogP contribution in [0, 0.1) is 0 Å². The molecule has 0 unspecified atom stereocenters. The molecule has 0 aliphatic rings. The number of thiazole rings is 1. The molecular formula is C15H15N3O2S. The number of fused-ring (bicyclic) bond motifs is 1. The van der Waals surface area contributed by atoms with Crippen LogP contribution < -0.4 is 11.1 Å². The van der Waals surface area contributed by atoms with Crippen LogP contribution in [0.2, 0.25) is 0 Å². The average Bonchev–Trinajstić information content (AvgIpc) is 3.04. The summed E-state index contributed by atoms with van der Waals surface area (Å²) in [7, 11) is 0. The molecule has 1 aromatic carbocycles. The van der Waals surface area contributed by atoms with Crippen molar-refractivity contribution in [3.63, 3.8) is 0 Å². The fourth-order valence-electron chi connectivity index (χ4n) is 1.94. The summed E-state index contributed by atoms with van der Waals surface area (Å²) in [5.74, 6) is 0.271. The quantitative estimate of drug-likeness (QED) is 0.720. The second-order valence-corrected chi connectivity index (χ2v) is 5.95. The minimum absolute atomic E-state index is 0.247. The Balaban J connectivity index is 1.82. The Morgan fingerprint density at radius 1 is 1.38 bits per heavy atom. The van der Waals surface area contributed by atoms with Crippen molar-refractivity contribution in [3.05, 3.63) is 41.1 Å². The Morgan fingerprint density at radius 2 is 2.19 bits per heavy atom. The summed E-state index contributed by atoms with van der Waals surface area (Å²) < 4.78 is 5.52. The monoisotopic (exact) mass is 301 g/mol. The smallest absolute Gasteiger partial charge is 0.293 e. The number of furan rings is 1. The van der Waals surface area contributed by atoms with Crippen molar-refractivity contribution in [3.8, 4) is 0 Å². The highest BCUT2D eigenvalue weighted by Crippen LogP contribution is 2.24. The third kappa shape index (κ3) is 2.75. The lowest BCUT2D eigenvalue weighted by atomic mass is 10.2. The first-order valence-corrected chi connectivity index (χ1v) is 7.47. The van der Waals surface area contributed by atoms with E-state index in [2.05, 4.69) is 24.1 Å². The van der Waals surface area contributed by atoms with Gasteiger partial charge < -0.3 is 10.2 Å². The summed E-state index contributed by atoms with van der Waals surface area (Å²) in [5, 5.41) is 6.08. The molecule has 3 rings (SSSR count). The number of aromatic nitrogens is 1. The molecule has 0 atom stereocenters. The van der Waals surface area contributed by atoms with Gasteiger partial charge in [-0.25, -0.2) is 4.98 Å². The molecule has 3 N–H and O–H groups in total. The number of carbonyl (C=O) groups excluding carboxylic acids is 1. The second kappa shape index (κ2) is 5.21. The number of nitrogens with one attached hydrogen (secondary N) is 1. The number of amides is 1. The van der Waals surface area contributed by atoms with E-state index in [1.807, 2.05) is 5.38 Å². The van der Waals surface area contributed by atoms with Crippen LogP contribution in [0.4, 0.5) is 10.8 Å². The van der Waals surface area contributed by atoms with Crippen LogP contribution in [-0.2, 0) is 0 Å². The maximum Gasteiger partial charge on any atom is 0.293 e. The van der Waals surface area contributed by atoms with Crippen molar-refractivity contribution in [2.45, 2.75) is 19.8 Å². The lowest BCUT2D eigenvalue weighted by molar-refractivity contribution is 0.0998. The SMILES string of the molecule is CC(C)c1csc(NC(=O)c2cc3cc(N)ccc3o2)n1. The molecular weight excluding hydrogens is 286 g/mol. The highest BCUT2D eigenvalue weighted by Gasteiger charge is 2.15. The summed E-state index contributed by atoms with van der Waals surface area (Å²) in [6.45, 7) is 4.12. The van der Waals surface area contributed by atoms with E-state index < -0.39 is 0 Å². The zero-order chi connectivity index (χ0) is 15.0. The van der Waals surface area contributed by atoms with Gasteiger partial charge in [0.15, 0.2) is 10.9 Å². The predicted molar refractivity (Wildman–Crippen MR) is 84.8 cm³/mol. The Morgan fingerprint density at radius 3 is 2.90 bits per heavy atom. The number of benzene rings is 1. The van der Waals surface area contributed by atoms with Crippen molar-refractivity contribution >= 4 is 39.0 Å². The van der Waals surface area contributed by atoms with Gasteiger partial charge in [0, 0.05) is 16.5 Å². The number of hydrogen-bond donors (Lipinski definition) is 2. The zero-order valence-electron chi connectivity index (χ0n) is 11.7. The molecule has 0 aliphatic heterocycles. The third-order valence-corrected chi connectivity index (χ3v) is 3.87. The van der Waals surface area contributed by atoms with Crippen LogP contribution >= 0.6 is 11.3 Å². The van der Waals surface area contributed by atoms with Crippen molar-refractivity contribution in [1.29, 1.82) is 0 Å². The molecule has 0 saturated carbocycles. The van der Waals surface area contributed by atoms with Crippen LogP contribution in [0.1, 0.15) is 36.0 Å². The number of anilines is 2. The number of nitrogen functional groups attached to an aromatic ring is 1. The number of rotatable bonds is 3. The van der Waals surface area contributed by atoms with Gasteiger partial charge in [-0.1, -0.05) is 13.8 Å². The first kappa shape index (κ1) is 13.6. The summed E-state index contributed by atoms with van der Waals surface area (Å²) in [4.78, 5) is 16.5. The first-order chi connectivity index (χ1) is 10.0. The molecule has 0 saturated heterocycles. The van der Waals surface area contributed by atoms with Crippen molar-refractivity contribution < 1.29 is 9.21 Å². The molecule has 1 amide bonds. The standard InChI is InChI=1S/C15H15N3O2S/c1-8(2)11-7-21-15(17-11)18-14(19)13-6-9-5-10(16)3-4-12(9)20-13/h3-8H,16H2,1-2H3,(H,17,18,19). The molecule has 0 fully saturated rings. The van der Waals surface area contributed by atoms with E-state index in [9.17, 15) is 4.79 Å². The van der Waals surface area contributed by atoms with E-state index in [0.29, 0.717) is 22.3 Å². The molecule has 0 aliphatic carbocycles. The fourth-order valence-corrected chi connectivity index (χ4v) is 2.81. The molecule has 2 heterocycles. The Kier molecular flexibility index (Phi) is 3.39. The van der Waals surface area contributed by atoms with Crippen molar-refractivity contribution in [2.75, 3.05) is 11.1 Å². The highest BCUT2D eigenvalue weighted by molar-refractivity contribution is 7.14. The second-order valence-electron chi connectivity index (χ2n) is 5.09. The van der Waals surface area contributed by atoms with E-state index in [0.717, 1.165) is 11.1 Å². The summed E-state index contributed by atoms with van der Waals surface area (Å²) in [6.07, 6.45) is 0. The van der Waals surface area contributed by atoms with Gasteiger partial charge in [-0.2, -0.15) is 0 Å². The van der Waals surface area contributed by atoms with E-state index in [4.69, 9.17) is 10.2 Å². The maximum absolute atomic E-state index is 12.2. The molecule has 108 valence electrons. The van der Waals surface area contributed by atoms with Crippen molar-refractivity contribution in [2.24, 2.45) is 0 Å². The molecule has 6 heteroatoms. The van der Waals surface area contributed by atoms with Crippen molar-refractivity contribution in [1.82, 2.24) is 4.98 Å². The molecule has 2 aromatic heterocycles. The zero-order valence-corrected chi connectivity index (χ0v) is 12.5. The first-order valence-electron chi connectivity index (χ1n) is 6.59.